The molecule has 5 nitrogen and oxygen atoms in total. The van der Waals surface area contributed by atoms with Gasteiger partial charge < -0.3 is 9.57 Å². The van der Waals surface area contributed by atoms with Crippen LogP contribution in [0.4, 0.5) is 0 Å². The minimum Gasteiger partial charge on any atom is -0.464 e. The summed E-state index contributed by atoms with van der Waals surface area (Å²) < 4.78 is 5.04. The van der Waals surface area contributed by atoms with E-state index in [2.05, 4.69) is 5.48 Å². The van der Waals surface area contributed by atoms with Gasteiger partial charge in [0, 0.05) is 12.8 Å². The Morgan fingerprint density at radius 3 is 3.13 bits per heavy atom. The minimum absolute atomic E-state index is 0.137. The Hall–Kier alpha value is -1.10. The molecule has 2 unspecified atom stereocenters. The molecule has 1 saturated heterocycles. The van der Waals surface area contributed by atoms with Gasteiger partial charge in [0.2, 0.25) is 0 Å². The van der Waals surface area contributed by atoms with Gasteiger partial charge >= 0.3 is 11.9 Å². The average molecular weight is 213 g/mol. The van der Waals surface area contributed by atoms with Gasteiger partial charge in [0.25, 0.3) is 0 Å². The molecule has 1 heterocycles. The molecule has 1 saturated carbocycles. The van der Waals surface area contributed by atoms with Crippen LogP contribution in [-0.4, -0.2) is 24.1 Å². The first kappa shape index (κ1) is 10.4. The Balaban J connectivity index is 2.12. The molecule has 1 N–H and O–H groups in total. The summed E-state index contributed by atoms with van der Waals surface area (Å²) in [6.45, 7) is 1.74. The van der Waals surface area contributed by atoms with Crippen molar-refractivity contribution >= 4 is 11.9 Å². The van der Waals surface area contributed by atoms with E-state index in [1.54, 1.807) is 0 Å². The van der Waals surface area contributed by atoms with Crippen molar-refractivity contribution in [3.05, 3.63) is 0 Å². The van der Waals surface area contributed by atoms with Crippen molar-refractivity contribution < 1.29 is 19.2 Å². The molecule has 0 spiro atoms. The molecule has 2 aliphatic rings. The van der Waals surface area contributed by atoms with Crippen LogP contribution in [0.15, 0.2) is 0 Å². The van der Waals surface area contributed by atoms with Gasteiger partial charge in [0.1, 0.15) is 0 Å². The molecule has 0 aromatic rings. The fraction of sp³-hybridized carbons (Fsp3) is 0.800. The number of ether oxygens (including phenoxy) is 1. The third kappa shape index (κ3) is 1.71. The van der Waals surface area contributed by atoms with Gasteiger partial charge in [0.05, 0.1) is 6.61 Å². The zero-order chi connectivity index (χ0) is 10.9. The van der Waals surface area contributed by atoms with E-state index in [0.717, 1.165) is 19.3 Å². The number of rotatable bonds is 2. The lowest BCUT2D eigenvalue weighted by molar-refractivity contribution is -0.162. The highest BCUT2D eigenvalue weighted by Crippen LogP contribution is 2.39. The SMILES string of the molecule is CC(=O)ONC12CCCCC1COC2=O. The molecular formula is C10H15NO4. The van der Waals surface area contributed by atoms with Gasteiger partial charge in [-0.05, 0) is 12.8 Å². The Kier molecular flexibility index (Phi) is 2.65. The largest absolute Gasteiger partial charge is 0.464 e. The number of esters is 1. The smallest absolute Gasteiger partial charge is 0.330 e. The fourth-order valence-corrected chi connectivity index (χ4v) is 2.38. The van der Waals surface area contributed by atoms with E-state index >= 15 is 0 Å². The topological polar surface area (TPSA) is 64.6 Å². The summed E-state index contributed by atoms with van der Waals surface area (Å²) in [5, 5.41) is 0. The first-order valence-corrected chi connectivity index (χ1v) is 5.27. The summed E-state index contributed by atoms with van der Waals surface area (Å²) in [6, 6.07) is 0. The lowest BCUT2D eigenvalue weighted by Gasteiger charge is -2.34. The van der Waals surface area contributed by atoms with E-state index in [1.165, 1.54) is 6.92 Å². The van der Waals surface area contributed by atoms with E-state index in [0.29, 0.717) is 13.0 Å². The monoisotopic (exact) mass is 213 g/mol. The van der Waals surface area contributed by atoms with Crippen molar-refractivity contribution in [2.75, 3.05) is 6.61 Å². The third-order valence-corrected chi connectivity index (χ3v) is 3.23. The summed E-state index contributed by atoms with van der Waals surface area (Å²) in [6.07, 6.45) is 3.69. The molecule has 0 aromatic carbocycles. The quantitative estimate of drug-likeness (QED) is 0.535. The number of hydroxylamine groups is 1. The van der Waals surface area contributed by atoms with Gasteiger partial charge in [-0.25, -0.2) is 4.79 Å². The van der Waals surface area contributed by atoms with Crippen LogP contribution in [0, 0.1) is 5.92 Å². The number of hydrogen-bond acceptors (Lipinski definition) is 5. The lowest BCUT2D eigenvalue weighted by Crippen LogP contribution is -2.55. The van der Waals surface area contributed by atoms with E-state index in [4.69, 9.17) is 9.57 Å². The van der Waals surface area contributed by atoms with E-state index in [9.17, 15) is 9.59 Å². The van der Waals surface area contributed by atoms with Gasteiger partial charge in [-0.15, -0.1) is 5.48 Å². The maximum Gasteiger partial charge on any atom is 0.330 e. The molecule has 5 heteroatoms. The van der Waals surface area contributed by atoms with Gasteiger partial charge in [-0.1, -0.05) is 12.8 Å². The summed E-state index contributed by atoms with van der Waals surface area (Å²) in [5.74, 6) is -0.583. The molecule has 15 heavy (non-hydrogen) atoms. The predicted molar refractivity (Wildman–Crippen MR) is 50.5 cm³/mol. The molecule has 2 fully saturated rings. The highest BCUT2D eigenvalue weighted by molar-refractivity contribution is 5.83. The average Bonchev–Trinajstić information content (AvgIpc) is 2.55. The second kappa shape index (κ2) is 3.81. The molecule has 0 radical (unpaired) electrons. The minimum atomic E-state index is -0.774. The van der Waals surface area contributed by atoms with Crippen molar-refractivity contribution in [1.29, 1.82) is 0 Å². The number of hydrogen-bond donors (Lipinski definition) is 1. The maximum atomic E-state index is 11.7. The molecule has 2 rings (SSSR count). The third-order valence-electron chi connectivity index (χ3n) is 3.23. The molecule has 1 aliphatic heterocycles. The fourth-order valence-electron chi connectivity index (χ4n) is 2.38. The van der Waals surface area contributed by atoms with Crippen LogP contribution >= 0.6 is 0 Å². The van der Waals surface area contributed by atoms with E-state index in [1.807, 2.05) is 0 Å². The second-order valence-electron chi connectivity index (χ2n) is 4.21. The zero-order valence-corrected chi connectivity index (χ0v) is 8.75. The Morgan fingerprint density at radius 2 is 2.40 bits per heavy atom. The van der Waals surface area contributed by atoms with Crippen molar-refractivity contribution in [2.45, 2.75) is 38.1 Å². The molecule has 0 aromatic heterocycles. The van der Waals surface area contributed by atoms with Gasteiger partial charge in [0.15, 0.2) is 5.54 Å². The predicted octanol–water partition coefficient (Wildman–Crippen LogP) is 0.540. The van der Waals surface area contributed by atoms with Crippen LogP contribution < -0.4 is 5.48 Å². The standard InChI is InChI=1S/C10H15NO4/c1-7(12)15-11-10-5-3-2-4-8(10)6-14-9(10)13/h8,11H,2-6H2,1H3. The van der Waals surface area contributed by atoms with Crippen LogP contribution in [0.5, 0.6) is 0 Å². The van der Waals surface area contributed by atoms with Crippen LogP contribution in [0.2, 0.25) is 0 Å². The molecular weight excluding hydrogens is 198 g/mol. The Labute approximate surface area is 88.1 Å². The van der Waals surface area contributed by atoms with Gasteiger partial charge in [-0.3, -0.25) is 4.79 Å². The van der Waals surface area contributed by atoms with Crippen molar-refractivity contribution in [3.63, 3.8) is 0 Å². The van der Waals surface area contributed by atoms with Crippen molar-refractivity contribution in [2.24, 2.45) is 5.92 Å². The van der Waals surface area contributed by atoms with Crippen molar-refractivity contribution in [3.8, 4) is 0 Å². The van der Waals surface area contributed by atoms with E-state index in [-0.39, 0.29) is 11.9 Å². The van der Waals surface area contributed by atoms with Crippen LogP contribution in [-0.2, 0) is 19.2 Å². The van der Waals surface area contributed by atoms with Crippen molar-refractivity contribution in [1.82, 2.24) is 5.48 Å². The number of fused-ring (bicyclic) bond motifs is 1. The van der Waals surface area contributed by atoms with Crippen LogP contribution in [0.25, 0.3) is 0 Å². The first-order chi connectivity index (χ1) is 7.15. The molecule has 0 amide bonds. The molecule has 0 bridgehead atoms. The number of carbonyl (C=O) groups is 2. The highest BCUT2D eigenvalue weighted by Gasteiger charge is 2.54. The van der Waals surface area contributed by atoms with E-state index < -0.39 is 11.5 Å². The number of nitrogens with one attached hydrogen (secondary N) is 1. The second-order valence-corrected chi connectivity index (χ2v) is 4.21. The van der Waals surface area contributed by atoms with Gasteiger partial charge in [-0.2, -0.15) is 0 Å². The number of carbonyl (C=O) groups excluding carboxylic acids is 2. The highest BCUT2D eigenvalue weighted by atomic mass is 16.7. The Morgan fingerprint density at radius 1 is 1.60 bits per heavy atom. The summed E-state index contributed by atoms with van der Waals surface area (Å²) >= 11 is 0. The normalized spacial score (nSPS) is 34.5. The summed E-state index contributed by atoms with van der Waals surface area (Å²) in [4.78, 5) is 27.2. The Bertz CT molecular complexity index is 291. The van der Waals surface area contributed by atoms with Crippen LogP contribution in [0.1, 0.15) is 32.6 Å². The first-order valence-electron chi connectivity index (χ1n) is 5.27. The molecule has 1 aliphatic carbocycles. The zero-order valence-electron chi connectivity index (χ0n) is 8.75. The lowest BCUT2D eigenvalue weighted by atomic mass is 9.75. The maximum absolute atomic E-state index is 11.7. The van der Waals surface area contributed by atoms with Crippen LogP contribution in [0.3, 0.4) is 0 Å². The summed E-state index contributed by atoms with van der Waals surface area (Å²) in [7, 11) is 0. The molecule has 2 atom stereocenters. The number of cyclic esters (lactones) is 1. The summed E-state index contributed by atoms with van der Waals surface area (Å²) in [5.41, 5.74) is 1.85. The molecule has 84 valence electrons.